The number of hydrogen-bond donors (Lipinski definition) is 2. The number of nitriles is 1. The molecule has 5 nitrogen and oxygen atoms in total. The van der Waals surface area contributed by atoms with E-state index in [-0.39, 0.29) is 30.4 Å². The van der Waals surface area contributed by atoms with Gasteiger partial charge in [-0.05, 0) is 41.7 Å². The topological polar surface area (TPSA) is 76.4 Å². The Balaban J connectivity index is 1.50. The molecule has 1 aliphatic heterocycles. The van der Waals surface area contributed by atoms with E-state index in [1.807, 2.05) is 30.3 Å². The van der Waals surface area contributed by atoms with Gasteiger partial charge in [0.25, 0.3) is 0 Å². The summed E-state index contributed by atoms with van der Waals surface area (Å²) in [7, 11) is 0. The second-order valence-corrected chi connectivity index (χ2v) is 8.17. The number of nitrogens with one attached hydrogen (secondary N) is 1. The van der Waals surface area contributed by atoms with E-state index in [0.29, 0.717) is 0 Å². The van der Waals surface area contributed by atoms with E-state index in [2.05, 4.69) is 11.4 Å². The van der Waals surface area contributed by atoms with Crippen molar-refractivity contribution in [1.82, 2.24) is 10.2 Å². The van der Waals surface area contributed by atoms with Gasteiger partial charge in [-0.15, -0.1) is 0 Å². The van der Waals surface area contributed by atoms with Crippen molar-refractivity contribution in [3.05, 3.63) is 59.9 Å². The lowest BCUT2D eigenvalue weighted by molar-refractivity contribution is 0.0153. The third-order valence-corrected chi connectivity index (χ3v) is 6.35. The van der Waals surface area contributed by atoms with Crippen LogP contribution in [0.1, 0.15) is 43.6 Å². The summed E-state index contributed by atoms with van der Waals surface area (Å²) in [5, 5.41) is 22.7. The highest BCUT2D eigenvalue weighted by Crippen LogP contribution is 2.41. The molecule has 2 aliphatic rings. The molecular formula is C24H26FN3O2. The van der Waals surface area contributed by atoms with Gasteiger partial charge in [0.2, 0.25) is 0 Å². The summed E-state index contributed by atoms with van der Waals surface area (Å²) in [6, 6.07) is 15.0. The monoisotopic (exact) mass is 407 g/mol. The van der Waals surface area contributed by atoms with Gasteiger partial charge in [0, 0.05) is 12.0 Å². The number of benzene rings is 2. The van der Waals surface area contributed by atoms with Gasteiger partial charge in [-0.25, -0.2) is 9.18 Å². The summed E-state index contributed by atoms with van der Waals surface area (Å²) >= 11 is 0. The van der Waals surface area contributed by atoms with Crippen LogP contribution in [-0.4, -0.2) is 40.8 Å². The van der Waals surface area contributed by atoms with Gasteiger partial charge in [0.05, 0.1) is 18.7 Å². The van der Waals surface area contributed by atoms with E-state index in [1.54, 1.807) is 6.07 Å². The van der Waals surface area contributed by atoms with Crippen LogP contribution >= 0.6 is 0 Å². The number of carbonyl (C=O) groups is 1. The molecule has 1 saturated heterocycles. The second kappa shape index (κ2) is 8.85. The Hall–Kier alpha value is -2.91. The van der Waals surface area contributed by atoms with Crippen molar-refractivity contribution in [3.8, 4) is 17.2 Å². The Morgan fingerprint density at radius 3 is 2.50 bits per heavy atom. The molecule has 0 bridgehead atoms. The van der Waals surface area contributed by atoms with E-state index in [9.17, 15) is 19.6 Å². The molecule has 1 aliphatic carbocycles. The molecule has 1 saturated carbocycles. The number of aliphatic hydroxyl groups excluding tert-OH is 1. The zero-order valence-electron chi connectivity index (χ0n) is 16.8. The maximum atomic E-state index is 13.5. The molecule has 2 fully saturated rings. The molecule has 30 heavy (non-hydrogen) atoms. The number of halogens is 1. The Labute approximate surface area is 176 Å². The predicted molar refractivity (Wildman–Crippen MR) is 112 cm³/mol. The van der Waals surface area contributed by atoms with Crippen LogP contribution in [0, 0.1) is 17.1 Å². The number of aliphatic hydroxyl groups is 1. The second-order valence-electron chi connectivity index (χ2n) is 8.17. The molecule has 4 rings (SSSR count). The molecule has 2 N–H and O–H groups in total. The first-order valence-corrected chi connectivity index (χ1v) is 10.6. The van der Waals surface area contributed by atoms with Crippen molar-refractivity contribution >= 4 is 6.03 Å². The van der Waals surface area contributed by atoms with E-state index in [1.165, 1.54) is 23.5 Å². The summed E-state index contributed by atoms with van der Waals surface area (Å²) in [6.07, 6.45) is 5.34. The smallest absolute Gasteiger partial charge is 0.319 e. The Morgan fingerprint density at radius 1 is 1.13 bits per heavy atom. The van der Waals surface area contributed by atoms with Crippen molar-refractivity contribution in [2.45, 2.75) is 56.1 Å². The summed E-state index contributed by atoms with van der Waals surface area (Å²) in [5.41, 5.74) is 2.54. The average molecular weight is 407 g/mol. The lowest BCUT2D eigenvalue weighted by Gasteiger charge is -2.51. The first-order chi connectivity index (χ1) is 14.6. The normalized spacial score (nSPS) is 24.0. The molecule has 2 aromatic rings. The van der Waals surface area contributed by atoms with Crippen LogP contribution in [-0.2, 0) is 0 Å². The standard InChI is InChI=1S/C24H26FN3O2/c25-19-6-4-5-18(13-19)16-9-11-17(12-10-16)23-21(14-26)28(22(23)15-29)24(30)27-20-7-2-1-3-8-20/h4-6,9-13,20-23,29H,1-3,7-8,15H2,(H,27,30)/t21-,22-,23-/m1/s1. The lowest BCUT2D eigenvalue weighted by Crippen LogP contribution is -2.67. The summed E-state index contributed by atoms with van der Waals surface area (Å²) < 4.78 is 13.5. The van der Waals surface area contributed by atoms with Crippen molar-refractivity contribution in [2.75, 3.05) is 6.61 Å². The van der Waals surface area contributed by atoms with Crippen molar-refractivity contribution in [1.29, 1.82) is 5.26 Å². The van der Waals surface area contributed by atoms with Gasteiger partial charge in [-0.2, -0.15) is 5.26 Å². The Kier molecular flexibility index (Phi) is 6.01. The van der Waals surface area contributed by atoms with Gasteiger partial charge in [0.1, 0.15) is 11.9 Å². The van der Waals surface area contributed by atoms with Gasteiger partial charge in [-0.3, -0.25) is 0 Å². The van der Waals surface area contributed by atoms with Gasteiger partial charge in [-0.1, -0.05) is 55.7 Å². The first kappa shape index (κ1) is 20.4. The molecular weight excluding hydrogens is 381 g/mol. The maximum Gasteiger partial charge on any atom is 0.319 e. The highest BCUT2D eigenvalue weighted by Gasteiger charge is 2.52. The fourth-order valence-electron chi connectivity index (χ4n) is 4.75. The number of likely N-dealkylation sites (tertiary alicyclic amines) is 1. The zero-order chi connectivity index (χ0) is 21.1. The summed E-state index contributed by atoms with van der Waals surface area (Å²) in [5.74, 6) is -0.543. The Bertz CT molecular complexity index is 934. The molecule has 0 radical (unpaired) electrons. The van der Waals surface area contributed by atoms with Crippen molar-refractivity contribution < 1.29 is 14.3 Å². The predicted octanol–water partition coefficient (Wildman–Crippen LogP) is 4.19. The number of nitrogens with zero attached hydrogens (tertiary/aromatic N) is 2. The minimum Gasteiger partial charge on any atom is -0.394 e. The number of carbonyl (C=O) groups excluding carboxylic acids is 1. The fourth-order valence-corrected chi connectivity index (χ4v) is 4.75. The summed E-state index contributed by atoms with van der Waals surface area (Å²) in [6.45, 7) is -0.202. The van der Waals surface area contributed by atoms with E-state index in [0.717, 1.165) is 42.4 Å². The van der Waals surface area contributed by atoms with Crippen LogP contribution in [0.15, 0.2) is 48.5 Å². The van der Waals surface area contributed by atoms with Crippen LogP contribution in [0.3, 0.4) is 0 Å². The van der Waals surface area contributed by atoms with Crippen LogP contribution in [0.4, 0.5) is 9.18 Å². The molecule has 1 heterocycles. The van der Waals surface area contributed by atoms with Gasteiger partial charge < -0.3 is 15.3 Å². The minimum atomic E-state index is -0.620. The van der Waals surface area contributed by atoms with E-state index >= 15 is 0 Å². The average Bonchev–Trinajstić information content (AvgIpc) is 2.75. The van der Waals surface area contributed by atoms with E-state index in [4.69, 9.17) is 0 Å². The summed E-state index contributed by atoms with van der Waals surface area (Å²) in [4.78, 5) is 14.3. The minimum absolute atomic E-state index is 0.148. The third-order valence-electron chi connectivity index (χ3n) is 6.35. The van der Waals surface area contributed by atoms with Crippen LogP contribution in [0.2, 0.25) is 0 Å². The Morgan fingerprint density at radius 2 is 1.87 bits per heavy atom. The highest BCUT2D eigenvalue weighted by atomic mass is 19.1. The maximum absolute atomic E-state index is 13.5. The number of amides is 2. The first-order valence-electron chi connectivity index (χ1n) is 10.6. The van der Waals surface area contributed by atoms with Gasteiger partial charge in [0.15, 0.2) is 0 Å². The molecule has 0 spiro atoms. The molecule has 2 aromatic carbocycles. The molecule has 0 unspecified atom stereocenters. The fraction of sp³-hybridized carbons (Fsp3) is 0.417. The quantitative estimate of drug-likeness (QED) is 0.798. The molecule has 6 heteroatoms. The number of rotatable bonds is 4. The SMILES string of the molecule is N#C[C@@H]1[C@@H](c2ccc(-c3cccc(F)c3)cc2)[C@@H](CO)N1C(=O)NC1CCCCC1. The van der Waals surface area contributed by atoms with E-state index < -0.39 is 12.1 Å². The highest BCUT2D eigenvalue weighted by molar-refractivity contribution is 5.78. The van der Waals surface area contributed by atoms with Crippen LogP contribution in [0.25, 0.3) is 11.1 Å². The van der Waals surface area contributed by atoms with Crippen molar-refractivity contribution in [2.24, 2.45) is 0 Å². The lowest BCUT2D eigenvalue weighted by atomic mass is 9.75. The zero-order valence-corrected chi connectivity index (χ0v) is 16.8. The molecule has 156 valence electrons. The number of urea groups is 1. The van der Waals surface area contributed by atoms with Crippen LogP contribution < -0.4 is 5.32 Å². The van der Waals surface area contributed by atoms with Crippen molar-refractivity contribution in [3.63, 3.8) is 0 Å². The van der Waals surface area contributed by atoms with Gasteiger partial charge >= 0.3 is 6.03 Å². The number of hydrogen-bond acceptors (Lipinski definition) is 3. The third kappa shape index (κ3) is 3.90. The molecule has 0 aromatic heterocycles. The largest absolute Gasteiger partial charge is 0.394 e. The van der Waals surface area contributed by atoms with Crippen LogP contribution in [0.5, 0.6) is 0 Å². The molecule has 3 atom stereocenters. The molecule has 2 amide bonds.